The molecule has 2 aliphatic rings. The molecular weight excluding hydrogens is 467 g/mol. The lowest BCUT2D eigenvalue weighted by Gasteiger charge is -2.11. The molecule has 1 aromatic heterocycles. The van der Waals surface area contributed by atoms with Crippen LogP contribution in [0.3, 0.4) is 0 Å². The third-order valence-electron chi connectivity index (χ3n) is 6.72. The number of aromatic nitrogens is 2. The van der Waals surface area contributed by atoms with Gasteiger partial charge in [-0.05, 0) is 65.6 Å². The SMILES string of the molecule is CCn1c(CF)c(CCC(C)C)n(Cc2ccc(-c3ccccc3C(=O)O)cc2)c1=O.c1cc2cc-2c1. The standard InChI is InChI=1S/C25H29FN2O3.C6H4/c1-4-27-23(15-26)22(14-9-17(2)3)28(25(27)31)16-18-10-12-19(13-11-18)20-7-5-6-8-21(20)24(29)30;1-2-5-4-6(5)3-1/h5-8,10-13,17H,4,9,14-16H2,1-3H3,(H,29,30);1-4H. The highest BCUT2D eigenvalue weighted by molar-refractivity contribution is 5.96. The van der Waals surface area contributed by atoms with Gasteiger partial charge >= 0.3 is 11.7 Å². The summed E-state index contributed by atoms with van der Waals surface area (Å²) >= 11 is 0. The third kappa shape index (κ3) is 5.91. The Labute approximate surface area is 216 Å². The predicted octanol–water partition coefficient (Wildman–Crippen LogP) is 6.81. The van der Waals surface area contributed by atoms with Crippen LogP contribution in [0.1, 0.15) is 54.5 Å². The maximum Gasteiger partial charge on any atom is 0.336 e. The van der Waals surface area contributed by atoms with Crippen LogP contribution in [0.5, 0.6) is 0 Å². The zero-order chi connectivity index (χ0) is 26.5. The van der Waals surface area contributed by atoms with Crippen molar-refractivity contribution in [1.82, 2.24) is 9.13 Å². The molecule has 192 valence electrons. The fraction of sp³-hybridized carbons (Fsp3) is 0.290. The Morgan fingerprint density at radius 2 is 1.57 bits per heavy atom. The van der Waals surface area contributed by atoms with Gasteiger partial charge in [0.15, 0.2) is 0 Å². The molecule has 2 aliphatic carbocycles. The van der Waals surface area contributed by atoms with Crippen LogP contribution in [-0.4, -0.2) is 20.2 Å². The molecule has 2 aromatic carbocycles. The number of aromatic carboxylic acids is 1. The molecule has 1 heterocycles. The van der Waals surface area contributed by atoms with Crippen molar-refractivity contribution < 1.29 is 14.3 Å². The normalized spacial score (nSPS) is 11.3. The number of fused-ring (bicyclic) bond motifs is 1. The van der Waals surface area contributed by atoms with E-state index in [1.807, 2.05) is 37.3 Å². The summed E-state index contributed by atoms with van der Waals surface area (Å²) in [5.41, 5.74) is 6.50. The van der Waals surface area contributed by atoms with Gasteiger partial charge in [-0.1, -0.05) is 74.5 Å². The van der Waals surface area contributed by atoms with E-state index in [9.17, 15) is 19.1 Å². The van der Waals surface area contributed by atoms with Gasteiger partial charge in [0.2, 0.25) is 0 Å². The number of carboxylic acid groups (broad SMARTS) is 1. The topological polar surface area (TPSA) is 64.2 Å². The Hall–Kier alpha value is -3.93. The Morgan fingerprint density at radius 3 is 2.08 bits per heavy atom. The molecule has 0 amide bonds. The number of alkyl halides is 1. The van der Waals surface area contributed by atoms with Crippen molar-refractivity contribution in [3.63, 3.8) is 0 Å². The third-order valence-corrected chi connectivity index (χ3v) is 6.72. The molecule has 0 saturated heterocycles. The zero-order valence-electron chi connectivity index (χ0n) is 21.6. The van der Waals surface area contributed by atoms with Crippen LogP contribution < -0.4 is 5.69 Å². The largest absolute Gasteiger partial charge is 0.478 e. The molecule has 37 heavy (non-hydrogen) atoms. The second kappa shape index (κ2) is 11.4. The van der Waals surface area contributed by atoms with Crippen molar-refractivity contribution in [2.45, 2.75) is 53.4 Å². The summed E-state index contributed by atoms with van der Waals surface area (Å²) in [5, 5.41) is 9.43. The van der Waals surface area contributed by atoms with Crippen LogP contribution in [0.15, 0.2) is 77.6 Å². The summed E-state index contributed by atoms with van der Waals surface area (Å²) in [4.78, 5) is 24.5. The zero-order valence-corrected chi connectivity index (χ0v) is 21.6. The fourth-order valence-corrected chi connectivity index (χ4v) is 4.60. The lowest BCUT2D eigenvalue weighted by molar-refractivity contribution is 0.0697. The maximum atomic E-state index is 13.8. The first-order valence-corrected chi connectivity index (χ1v) is 12.7. The van der Waals surface area contributed by atoms with Gasteiger partial charge in [-0.25, -0.2) is 14.0 Å². The van der Waals surface area contributed by atoms with Crippen LogP contribution in [0.25, 0.3) is 22.3 Å². The van der Waals surface area contributed by atoms with Crippen molar-refractivity contribution in [1.29, 1.82) is 0 Å². The van der Waals surface area contributed by atoms with Crippen molar-refractivity contribution in [3.8, 4) is 22.3 Å². The molecule has 0 atom stereocenters. The molecule has 0 saturated carbocycles. The molecule has 0 aliphatic heterocycles. The van der Waals surface area contributed by atoms with Crippen molar-refractivity contribution in [2.24, 2.45) is 5.92 Å². The van der Waals surface area contributed by atoms with Gasteiger partial charge < -0.3 is 5.11 Å². The first kappa shape index (κ1) is 26.1. The summed E-state index contributed by atoms with van der Waals surface area (Å²) in [6.07, 6.45) is 1.54. The molecule has 0 spiro atoms. The van der Waals surface area contributed by atoms with Gasteiger partial charge in [0.1, 0.15) is 6.67 Å². The van der Waals surface area contributed by atoms with Crippen LogP contribution in [0.4, 0.5) is 4.39 Å². The first-order valence-electron chi connectivity index (χ1n) is 12.7. The van der Waals surface area contributed by atoms with Gasteiger partial charge in [0, 0.05) is 12.2 Å². The molecule has 0 radical (unpaired) electrons. The number of rotatable bonds is 9. The van der Waals surface area contributed by atoms with E-state index in [2.05, 4.69) is 38.1 Å². The number of benzene rings is 3. The average molecular weight is 501 g/mol. The van der Waals surface area contributed by atoms with E-state index in [1.165, 1.54) is 15.7 Å². The molecule has 1 N–H and O–H groups in total. The van der Waals surface area contributed by atoms with Gasteiger partial charge in [-0.2, -0.15) is 0 Å². The van der Waals surface area contributed by atoms with Crippen LogP contribution in [-0.2, 0) is 26.2 Å². The number of imidazole rings is 1. The summed E-state index contributed by atoms with van der Waals surface area (Å²) in [7, 11) is 0. The number of carbonyl (C=O) groups is 1. The van der Waals surface area contributed by atoms with Gasteiger partial charge in [0.05, 0.1) is 17.8 Å². The molecule has 3 aromatic rings. The lowest BCUT2D eigenvalue weighted by Crippen LogP contribution is -2.25. The van der Waals surface area contributed by atoms with Gasteiger partial charge in [-0.15, -0.1) is 0 Å². The van der Waals surface area contributed by atoms with E-state index in [0.29, 0.717) is 36.7 Å². The van der Waals surface area contributed by atoms with E-state index >= 15 is 0 Å². The minimum absolute atomic E-state index is 0.186. The summed E-state index contributed by atoms with van der Waals surface area (Å²) in [5.74, 6) is -0.518. The highest BCUT2D eigenvalue weighted by Crippen LogP contribution is 2.32. The number of hydrogen-bond donors (Lipinski definition) is 1. The highest BCUT2D eigenvalue weighted by Gasteiger charge is 2.19. The second-order valence-corrected chi connectivity index (χ2v) is 9.70. The molecule has 0 fully saturated rings. The van der Waals surface area contributed by atoms with Crippen molar-refractivity contribution >= 4 is 5.97 Å². The van der Waals surface area contributed by atoms with E-state index in [-0.39, 0.29) is 11.3 Å². The minimum Gasteiger partial charge on any atom is -0.478 e. The summed E-state index contributed by atoms with van der Waals surface area (Å²) < 4.78 is 17.0. The van der Waals surface area contributed by atoms with E-state index < -0.39 is 12.6 Å². The van der Waals surface area contributed by atoms with Crippen LogP contribution in [0.2, 0.25) is 0 Å². The van der Waals surface area contributed by atoms with Gasteiger partial charge in [0.25, 0.3) is 0 Å². The Kier molecular flexibility index (Phi) is 8.07. The highest BCUT2D eigenvalue weighted by atomic mass is 19.1. The Balaban J connectivity index is 0.000000458. The molecule has 5 nitrogen and oxygen atoms in total. The quantitative estimate of drug-likeness (QED) is 0.242. The number of nitrogens with zero attached hydrogens (tertiary/aromatic N) is 2. The fourth-order valence-electron chi connectivity index (χ4n) is 4.60. The molecule has 5 rings (SSSR count). The molecule has 6 heteroatoms. The molecule has 0 bridgehead atoms. The monoisotopic (exact) mass is 500 g/mol. The average Bonchev–Trinajstić information content (AvgIpc) is 3.40. The van der Waals surface area contributed by atoms with Crippen LogP contribution in [0, 0.1) is 5.92 Å². The Morgan fingerprint density at radius 1 is 0.892 bits per heavy atom. The maximum absolute atomic E-state index is 13.8. The minimum atomic E-state index is -0.972. The second-order valence-electron chi connectivity index (χ2n) is 9.70. The lowest BCUT2D eigenvalue weighted by atomic mass is 9.98. The first-order chi connectivity index (χ1) is 17.8. The summed E-state index contributed by atoms with van der Waals surface area (Å²) in [6, 6.07) is 22.9. The number of hydrogen-bond acceptors (Lipinski definition) is 2. The van der Waals surface area contributed by atoms with Gasteiger partial charge in [-0.3, -0.25) is 9.13 Å². The number of carboxylic acids is 1. The van der Waals surface area contributed by atoms with E-state index in [1.54, 1.807) is 22.8 Å². The number of halogens is 1. The smallest absolute Gasteiger partial charge is 0.336 e. The van der Waals surface area contributed by atoms with E-state index in [4.69, 9.17) is 0 Å². The Bertz CT molecular complexity index is 1430. The van der Waals surface area contributed by atoms with E-state index in [0.717, 1.165) is 23.2 Å². The van der Waals surface area contributed by atoms with Crippen molar-refractivity contribution in [3.05, 3.63) is 106 Å². The predicted molar refractivity (Wildman–Crippen MR) is 146 cm³/mol. The molecular formula is C31H33FN2O3. The van der Waals surface area contributed by atoms with Crippen molar-refractivity contribution in [2.75, 3.05) is 0 Å². The summed E-state index contributed by atoms with van der Waals surface area (Å²) in [6.45, 7) is 6.21. The molecule has 0 unspecified atom stereocenters. The van der Waals surface area contributed by atoms with Crippen LogP contribution >= 0.6 is 0 Å².